The van der Waals surface area contributed by atoms with Gasteiger partial charge in [0.05, 0.1) is 0 Å². The lowest BCUT2D eigenvalue weighted by Gasteiger charge is -2.13. The molecule has 0 rings (SSSR count). The molecule has 0 amide bonds. The zero-order chi connectivity index (χ0) is 11.6. The number of aldehydes is 1. The second-order valence-electron chi connectivity index (χ2n) is 4.69. The van der Waals surface area contributed by atoms with Gasteiger partial charge in [0.15, 0.2) is 0 Å². The van der Waals surface area contributed by atoms with Crippen molar-refractivity contribution in [3.05, 3.63) is 0 Å². The van der Waals surface area contributed by atoms with Gasteiger partial charge in [0.2, 0.25) is 0 Å². The maximum absolute atomic E-state index is 10.5. The highest BCUT2D eigenvalue weighted by molar-refractivity contribution is 6.76. The first-order valence-electron chi connectivity index (χ1n) is 5.26. The minimum Gasteiger partial charge on any atom is -0.303 e. The molecule has 0 fully saturated rings. The average molecular weight is 216 g/mol. The predicted octanol–water partition coefficient (Wildman–Crippen LogP) is 3.29. The van der Waals surface area contributed by atoms with E-state index in [1.54, 1.807) is 6.92 Å². The van der Waals surface area contributed by atoms with Crippen LogP contribution in [-0.4, -0.2) is 20.1 Å². The molecule has 84 valence electrons. The third-order valence-corrected chi connectivity index (χ3v) is 3.48. The van der Waals surface area contributed by atoms with Crippen LogP contribution < -0.4 is 0 Å². The summed E-state index contributed by atoms with van der Waals surface area (Å²) >= 11 is 0. The van der Waals surface area contributed by atoms with Gasteiger partial charge in [0, 0.05) is 20.9 Å². The summed E-state index contributed by atoms with van der Waals surface area (Å²) in [5, 5.41) is 0. The Balaban J connectivity index is 0. The van der Waals surface area contributed by atoms with Gasteiger partial charge >= 0.3 is 0 Å². The fourth-order valence-corrected chi connectivity index (χ4v) is 2.11. The van der Waals surface area contributed by atoms with Gasteiger partial charge in [-0.05, 0) is 13.3 Å². The molecule has 0 bridgehead atoms. The Bertz CT molecular complexity index is 159. The molecule has 0 spiro atoms. The van der Waals surface area contributed by atoms with Gasteiger partial charge in [0.25, 0.3) is 0 Å². The Morgan fingerprint density at radius 3 is 1.93 bits per heavy atom. The first-order valence-corrected chi connectivity index (χ1v) is 8.97. The van der Waals surface area contributed by atoms with Gasteiger partial charge in [-0.25, -0.2) is 0 Å². The third kappa shape index (κ3) is 22.6. The predicted molar refractivity (Wildman–Crippen MR) is 64.4 cm³/mol. The van der Waals surface area contributed by atoms with Gasteiger partial charge in [-0.1, -0.05) is 32.6 Å². The van der Waals surface area contributed by atoms with E-state index in [0.717, 1.165) is 19.1 Å². The van der Waals surface area contributed by atoms with Gasteiger partial charge < -0.3 is 9.59 Å². The topological polar surface area (TPSA) is 34.1 Å². The second-order valence-corrected chi connectivity index (χ2v) is 10.3. The van der Waals surface area contributed by atoms with Crippen molar-refractivity contribution >= 4 is 20.1 Å². The molecule has 0 saturated carbocycles. The van der Waals surface area contributed by atoms with Crippen LogP contribution in [0.2, 0.25) is 25.7 Å². The van der Waals surface area contributed by atoms with Crippen molar-refractivity contribution in [3.8, 4) is 0 Å². The van der Waals surface area contributed by atoms with Crippen LogP contribution in [0.5, 0.6) is 0 Å². The lowest BCUT2D eigenvalue weighted by atomic mass is 10.3. The van der Waals surface area contributed by atoms with E-state index < -0.39 is 8.07 Å². The van der Waals surface area contributed by atoms with Crippen LogP contribution in [-0.2, 0) is 9.59 Å². The molecule has 0 radical (unpaired) electrons. The van der Waals surface area contributed by atoms with Crippen LogP contribution in [0, 0.1) is 0 Å². The monoisotopic (exact) mass is 216 g/mol. The molecule has 14 heavy (non-hydrogen) atoms. The summed E-state index contributed by atoms with van der Waals surface area (Å²) in [4.78, 5) is 19.7. The van der Waals surface area contributed by atoms with Crippen molar-refractivity contribution in [2.45, 2.75) is 58.8 Å². The number of hydrogen-bond donors (Lipinski definition) is 0. The van der Waals surface area contributed by atoms with Crippen molar-refractivity contribution in [2.24, 2.45) is 0 Å². The molecule has 3 heteroatoms. The zero-order valence-electron chi connectivity index (χ0n) is 10.2. The van der Waals surface area contributed by atoms with Crippen molar-refractivity contribution in [3.63, 3.8) is 0 Å². The number of carbonyl (C=O) groups excluding carboxylic acids is 2. The van der Waals surface area contributed by atoms with Gasteiger partial charge in [0.1, 0.15) is 12.1 Å². The SMILES string of the molecule is CC(=O)CCC[Si](C)(C)C.CCC=O. The lowest BCUT2D eigenvalue weighted by molar-refractivity contribution is -0.117. The number of carbonyl (C=O) groups is 2. The molecule has 2 nitrogen and oxygen atoms in total. The molecule has 0 unspecified atom stereocenters. The first kappa shape index (κ1) is 16.0. The molecule has 0 saturated heterocycles. The quantitative estimate of drug-likeness (QED) is 0.522. The van der Waals surface area contributed by atoms with Crippen molar-refractivity contribution in [1.29, 1.82) is 0 Å². The minimum atomic E-state index is -0.876. The van der Waals surface area contributed by atoms with E-state index >= 15 is 0 Å². The first-order chi connectivity index (χ1) is 6.33. The largest absolute Gasteiger partial charge is 0.303 e. The fourth-order valence-electron chi connectivity index (χ4n) is 0.868. The summed E-state index contributed by atoms with van der Waals surface area (Å²) in [6, 6.07) is 1.28. The van der Waals surface area contributed by atoms with Crippen molar-refractivity contribution in [2.75, 3.05) is 0 Å². The summed E-state index contributed by atoms with van der Waals surface area (Å²) in [7, 11) is -0.876. The van der Waals surface area contributed by atoms with Crippen LogP contribution in [0.25, 0.3) is 0 Å². The highest BCUT2D eigenvalue weighted by Gasteiger charge is 2.11. The molecule has 0 aromatic heterocycles. The normalized spacial score (nSPS) is 10.1. The number of rotatable bonds is 5. The summed E-state index contributed by atoms with van der Waals surface area (Å²) < 4.78 is 0. The summed E-state index contributed by atoms with van der Waals surface area (Å²) in [6.45, 7) is 10.5. The summed E-state index contributed by atoms with van der Waals surface area (Å²) in [5.74, 6) is 0.332. The highest BCUT2D eigenvalue weighted by Crippen LogP contribution is 2.12. The van der Waals surface area contributed by atoms with E-state index in [1.165, 1.54) is 6.04 Å². The Labute approximate surface area is 89.1 Å². The Kier molecular flexibility index (Phi) is 10.4. The Morgan fingerprint density at radius 2 is 1.71 bits per heavy atom. The standard InChI is InChI=1S/C8H18OSi.C3H6O/c1-8(9)6-5-7-10(2,3)4;1-2-3-4/h5-7H2,1-4H3;3H,2H2,1H3. The van der Waals surface area contributed by atoms with Crippen LogP contribution in [0.3, 0.4) is 0 Å². The third-order valence-electron chi connectivity index (χ3n) is 1.62. The van der Waals surface area contributed by atoms with Gasteiger partial charge in [-0.2, -0.15) is 0 Å². The number of hydrogen-bond acceptors (Lipinski definition) is 2. The van der Waals surface area contributed by atoms with E-state index in [0.29, 0.717) is 12.2 Å². The maximum Gasteiger partial charge on any atom is 0.129 e. The Hall–Kier alpha value is -0.443. The van der Waals surface area contributed by atoms with Crippen LogP contribution in [0.4, 0.5) is 0 Å². The van der Waals surface area contributed by atoms with Crippen molar-refractivity contribution < 1.29 is 9.59 Å². The molecular weight excluding hydrogens is 192 g/mol. The molecule has 0 N–H and O–H groups in total. The van der Waals surface area contributed by atoms with E-state index in [4.69, 9.17) is 0 Å². The van der Waals surface area contributed by atoms with Crippen LogP contribution in [0.1, 0.15) is 33.1 Å². The van der Waals surface area contributed by atoms with Gasteiger partial charge in [-0.3, -0.25) is 0 Å². The smallest absolute Gasteiger partial charge is 0.129 e. The van der Waals surface area contributed by atoms with Crippen LogP contribution >= 0.6 is 0 Å². The lowest BCUT2D eigenvalue weighted by Crippen LogP contribution is -2.18. The molecule has 0 aromatic carbocycles. The summed E-state index contributed by atoms with van der Waals surface area (Å²) in [6.07, 6.45) is 3.40. The van der Waals surface area contributed by atoms with Crippen LogP contribution in [0.15, 0.2) is 0 Å². The zero-order valence-corrected chi connectivity index (χ0v) is 11.2. The molecular formula is C11H24O2Si. The maximum atomic E-state index is 10.5. The highest BCUT2D eigenvalue weighted by atomic mass is 28.3. The number of ketones is 1. The molecule has 0 heterocycles. The summed E-state index contributed by atoms with van der Waals surface area (Å²) in [5.41, 5.74) is 0. The molecule has 0 aliphatic heterocycles. The van der Waals surface area contributed by atoms with E-state index in [-0.39, 0.29) is 0 Å². The van der Waals surface area contributed by atoms with Gasteiger partial charge in [-0.15, -0.1) is 0 Å². The van der Waals surface area contributed by atoms with E-state index in [1.807, 2.05) is 6.92 Å². The molecule has 0 aliphatic carbocycles. The van der Waals surface area contributed by atoms with E-state index in [9.17, 15) is 9.59 Å². The number of Topliss-reactive ketones (excluding diaryl/α,β-unsaturated/α-hetero) is 1. The minimum absolute atomic E-state index is 0.332. The fraction of sp³-hybridized carbons (Fsp3) is 0.818. The van der Waals surface area contributed by atoms with E-state index in [2.05, 4.69) is 19.6 Å². The van der Waals surface area contributed by atoms with Crippen molar-refractivity contribution in [1.82, 2.24) is 0 Å². The molecule has 0 atom stereocenters. The second kappa shape index (κ2) is 9.13. The Morgan fingerprint density at radius 1 is 1.29 bits per heavy atom. The average Bonchev–Trinajstić information content (AvgIpc) is 2.02. The molecule has 0 aliphatic rings. The molecule has 0 aromatic rings.